The number of anilines is 2. The Morgan fingerprint density at radius 3 is 2.54 bits per heavy atom. The Bertz CT molecular complexity index is 806. The molecule has 0 aliphatic carbocycles. The number of nitrogens with one attached hydrogen (secondary N) is 1. The first kappa shape index (κ1) is 18.2. The molecule has 3 N–H and O–H groups in total. The van der Waals surface area contributed by atoms with E-state index in [0.29, 0.717) is 48.3 Å². The second-order valence-corrected chi connectivity index (χ2v) is 6.44. The molecule has 0 saturated carbocycles. The molecular formula is C18H20ClN5O2. The zero-order valence-electron chi connectivity index (χ0n) is 14.2. The molecule has 3 rings (SSSR count). The fourth-order valence-corrected chi connectivity index (χ4v) is 3.10. The third-order valence-electron chi connectivity index (χ3n) is 4.24. The molecule has 0 radical (unpaired) electrons. The smallest absolute Gasteiger partial charge is 0.252 e. The average Bonchev–Trinajstić information content (AvgIpc) is 2.64. The van der Waals surface area contributed by atoms with E-state index in [2.05, 4.69) is 15.2 Å². The van der Waals surface area contributed by atoms with Crippen molar-refractivity contribution in [1.29, 1.82) is 0 Å². The number of para-hydroxylation sites is 1. The van der Waals surface area contributed by atoms with Crippen LogP contribution >= 0.6 is 11.6 Å². The van der Waals surface area contributed by atoms with Crippen molar-refractivity contribution in [3.8, 4) is 0 Å². The van der Waals surface area contributed by atoms with Crippen LogP contribution in [0.15, 0.2) is 42.6 Å². The van der Waals surface area contributed by atoms with Crippen LogP contribution in [0.3, 0.4) is 0 Å². The molecule has 0 unspecified atom stereocenters. The van der Waals surface area contributed by atoms with Crippen molar-refractivity contribution in [2.45, 2.75) is 0 Å². The van der Waals surface area contributed by atoms with Crippen LogP contribution in [0.25, 0.3) is 0 Å². The first-order chi connectivity index (χ1) is 12.5. The Hall–Kier alpha value is -2.64. The summed E-state index contributed by atoms with van der Waals surface area (Å²) in [5.41, 5.74) is 6.44. The van der Waals surface area contributed by atoms with Crippen molar-refractivity contribution in [3.63, 3.8) is 0 Å². The number of aromatic nitrogens is 1. The summed E-state index contributed by atoms with van der Waals surface area (Å²) in [6.07, 6.45) is 1.64. The highest BCUT2D eigenvalue weighted by molar-refractivity contribution is 6.33. The maximum absolute atomic E-state index is 12.2. The van der Waals surface area contributed by atoms with Crippen LogP contribution in [0.5, 0.6) is 0 Å². The number of primary amides is 1. The molecule has 136 valence electrons. The summed E-state index contributed by atoms with van der Waals surface area (Å²) in [6, 6.07) is 10.5. The van der Waals surface area contributed by atoms with E-state index in [-0.39, 0.29) is 12.5 Å². The van der Waals surface area contributed by atoms with Crippen LogP contribution in [0, 0.1) is 0 Å². The van der Waals surface area contributed by atoms with Crippen LogP contribution in [-0.2, 0) is 4.79 Å². The Morgan fingerprint density at radius 2 is 1.85 bits per heavy atom. The topological polar surface area (TPSA) is 91.6 Å². The summed E-state index contributed by atoms with van der Waals surface area (Å²) in [5.74, 6) is -0.00275. The van der Waals surface area contributed by atoms with Crippen LogP contribution < -0.4 is 16.0 Å². The number of carbonyl (C=O) groups excluding carboxylic acids is 2. The monoisotopic (exact) mass is 373 g/mol. The van der Waals surface area contributed by atoms with Gasteiger partial charge in [-0.05, 0) is 24.3 Å². The van der Waals surface area contributed by atoms with Gasteiger partial charge >= 0.3 is 0 Å². The van der Waals surface area contributed by atoms with Crippen molar-refractivity contribution >= 4 is 34.9 Å². The number of piperazine rings is 1. The molecule has 1 saturated heterocycles. The van der Waals surface area contributed by atoms with Gasteiger partial charge in [-0.15, -0.1) is 0 Å². The molecule has 7 nitrogen and oxygen atoms in total. The number of hydrogen-bond donors (Lipinski definition) is 2. The van der Waals surface area contributed by atoms with Gasteiger partial charge in [0.25, 0.3) is 5.91 Å². The van der Waals surface area contributed by atoms with Gasteiger partial charge in [-0.3, -0.25) is 14.5 Å². The van der Waals surface area contributed by atoms with Gasteiger partial charge in [0.2, 0.25) is 5.91 Å². The molecule has 2 heterocycles. The molecule has 2 aromatic rings. The number of hydrogen-bond acceptors (Lipinski definition) is 5. The number of halogens is 1. The highest BCUT2D eigenvalue weighted by Gasteiger charge is 2.23. The highest BCUT2D eigenvalue weighted by atomic mass is 35.5. The van der Waals surface area contributed by atoms with E-state index >= 15 is 0 Å². The molecule has 2 amide bonds. The van der Waals surface area contributed by atoms with E-state index in [1.807, 2.05) is 17.0 Å². The molecule has 0 bridgehead atoms. The first-order valence-electron chi connectivity index (χ1n) is 8.31. The minimum Gasteiger partial charge on any atom is -0.365 e. The van der Waals surface area contributed by atoms with Gasteiger partial charge in [-0.2, -0.15) is 0 Å². The lowest BCUT2D eigenvalue weighted by atomic mass is 10.2. The lowest BCUT2D eigenvalue weighted by Gasteiger charge is -2.35. The minimum atomic E-state index is -0.491. The van der Waals surface area contributed by atoms with Crippen molar-refractivity contribution < 1.29 is 9.59 Å². The van der Waals surface area contributed by atoms with E-state index < -0.39 is 5.91 Å². The lowest BCUT2D eigenvalue weighted by molar-refractivity contribution is -0.117. The van der Waals surface area contributed by atoms with Crippen LogP contribution in [0.2, 0.25) is 5.02 Å². The normalized spacial score (nSPS) is 14.9. The molecule has 1 aromatic heterocycles. The summed E-state index contributed by atoms with van der Waals surface area (Å²) >= 11 is 6.06. The number of nitrogens with two attached hydrogens (primary N) is 1. The average molecular weight is 374 g/mol. The van der Waals surface area contributed by atoms with Crippen molar-refractivity contribution in [2.75, 3.05) is 42.9 Å². The van der Waals surface area contributed by atoms with Gasteiger partial charge < -0.3 is 16.0 Å². The van der Waals surface area contributed by atoms with E-state index in [1.165, 1.54) is 0 Å². The summed E-state index contributed by atoms with van der Waals surface area (Å²) in [5, 5.41) is 3.34. The van der Waals surface area contributed by atoms with Crippen LogP contribution in [0.1, 0.15) is 10.4 Å². The third-order valence-corrected chi connectivity index (χ3v) is 4.57. The zero-order chi connectivity index (χ0) is 18.5. The van der Waals surface area contributed by atoms with Gasteiger partial charge in [0.15, 0.2) is 0 Å². The van der Waals surface area contributed by atoms with Crippen LogP contribution in [0.4, 0.5) is 11.5 Å². The number of nitrogens with zero attached hydrogens (tertiary/aromatic N) is 3. The minimum absolute atomic E-state index is 0.109. The summed E-state index contributed by atoms with van der Waals surface area (Å²) in [6.45, 7) is 2.98. The Balaban J connectivity index is 1.55. The summed E-state index contributed by atoms with van der Waals surface area (Å²) in [4.78, 5) is 32.1. The van der Waals surface area contributed by atoms with Gasteiger partial charge in [0, 0.05) is 32.4 Å². The molecular weight excluding hydrogens is 354 g/mol. The Kier molecular flexibility index (Phi) is 5.70. The fraction of sp³-hybridized carbons (Fsp3) is 0.278. The predicted octanol–water partition coefficient (Wildman–Crippen LogP) is 1.59. The quantitative estimate of drug-likeness (QED) is 0.830. The SMILES string of the molecule is NC(=O)c1cccnc1N1CCN(CC(=O)Nc2ccccc2Cl)CC1. The second-order valence-electron chi connectivity index (χ2n) is 6.03. The van der Waals surface area contributed by atoms with Gasteiger partial charge in [0.1, 0.15) is 5.82 Å². The molecule has 1 aliphatic heterocycles. The Morgan fingerprint density at radius 1 is 1.12 bits per heavy atom. The number of amides is 2. The van der Waals surface area contributed by atoms with E-state index in [0.717, 1.165) is 0 Å². The fourth-order valence-electron chi connectivity index (χ4n) is 2.91. The van der Waals surface area contributed by atoms with Gasteiger partial charge in [0.05, 0.1) is 22.8 Å². The molecule has 0 spiro atoms. The predicted molar refractivity (Wildman–Crippen MR) is 101 cm³/mol. The van der Waals surface area contributed by atoms with Crippen molar-refractivity contribution in [3.05, 3.63) is 53.2 Å². The molecule has 1 aliphatic rings. The first-order valence-corrected chi connectivity index (χ1v) is 8.69. The summed E-state index contributed by atoms with van der Waals surface area (Å²) in [7, 11) is 0. The molecule has 8 heteroatoms. The zero-order valence-corrected chi connectivity index (χ0v) is 14.9. The Labute approximate surface area is 156 Å². The molecule has 1 aromatic carbocycles. The maximum atomic E-state index is 12.2. The van der Waals surface area contributed by atoms with Crippen molar-refractivity contribution in [1.82, 2.24) is 9.88 Å². The maximum Gasteiger partial charge on any atom is 0.252 e. The van der Waals surface area contributed by atoms with E-state index in [9.17, 15) is 9.59 Å². The second kappa shape index (κ2) is 8.16. The number of pyridine rings is 1. The molecule has 0 atom stereocenters. The van der Waals surface area contributed by atoms with Crippen molar-refractivity contribution in [2.24, 2.45) is 5.73 Å². The standard InChI is InChI=1S/C18H20ClN5O2/c19-14-5-1-2-6-15(14)22-16(25)12-23-8-10-24(11-9-23)18-13(17(20)26)4-3-7-21-18/h1-7H,8-12H2,(H2,20,26)(H,22,25). The van der Waals surface area contributed by atoms with Crippen LogP contribution in [-0.4, -0.2) is 54.4 Å². The number of carbonyl (C=O) groups is 2. The van der Waals surface area contributed by atoms with Gasteiger partial charge in [-0.1, -0.05) is 23.7 Å². The largest absolute Gasteiger partial charge is 0.365 e. The number of benzene rings is 1. The number of rotatable bonds is 5. The summed E-state index contributed by atoms with van der Waals surface area (Å²) < 4.78 is 0. The molecule has 1 fully saturated rings. The third kappa shape index (κ3) is 4.30. The van der Waals surface area contributed by atoms with Gasteiger partial charge in [-0.25, -0.2) is 4.98 Å². The highest BCUT2D eigenvalue weighted by Crippen LogP contribution is 2.21. The van der Waals surface area contributed by atoms with E-state index in [4.69, 9.17) is 17.3 Å². The van der Waals surface area contributed by atoms with E-state index in [1.54, 1.807) is 30.5 Å². The molecule has 26 heavy (non-hydrogen) atoms. The lowest BCUT2D eigenvalue weighted by Crippen LogP contribution is -2.49.